The van der Waals surface area contributed by atoms with Crippen LogP contribution in [0.2, 0.25) is 5.02 Å². The molecule has 79 heavy (non-hydrogen) atoms. The van der Waals surface area contributed by atoms with Crippen LogP contribution in [-0.4, -0.2) is 111 Å². The Kier molecular flexibility index (Phi) is 15.9. The number of aliphatic carboxylic acids is 2. The van der Waals surface area contributed by atoms with E-state index >= 15 is 8.78 Å². The second-order valence-corrected chi connectivity index (χ2v) is 24.2. The first-order valence-corrected chi connectivity index (χ1v) is 27.1. The standard InChI is InChI=1S/C47H43ClF10N8O11S2/c1-44(2,78(3,74)75)12-11-24-5-6-25(38(59-24)30(15-21-13-22(49)16-23(50)14-21)60-33(68)19-64-41-36(40(62-64)47(56,57)58)27-17-28(27)46(41,54)55)26-7-8-29(48)37-39(26)65(20-45(51,52)53)63-42(37)66(79(4,76)77)34(69)10-9-32(67)61-31(43(72)73)18-35(70)71/h5-10,13-14,16,27-28,30-31H,11-12,15,17-20H2,1-4H3,(H,60,68)(H,61,67)(H,70,71)(H,72,73)/b10-9+/t27-,28?,30-,31-/m0/s1. The molecule has 2 aromatic carbocycles. The molecule has 1 fully saturated rings. The van der Waals surface area contributed by atoms with E-state index in [-0.39, 0.29) is 61.9 Å². The number of halogens is 11. The van der Waals surface area contributed by atoms with E-state index in [4.69, 9.17) is 16.7 Å². The first kappa shape index (κ1) is 59.5. The molecule has 426 valence electrons. The zero-order valence-electron chi connectivity index (χ0n) is 41.2. The van der Waals surface area contributed by atoms with Gasteiger partial charge in [-0.25, -0.2) is 30.4 Å². The smallest absolute Gasteiger partial charge is 0.435 e. The molecule has 0 saturated heterocycles. The summed E-state index contributed by atoms with van der Waals surface area (Å²) in [6.07, 6.45) is -11.3. The Morgan fingerprint density at radius 3 is 2.10 bits per heavy atom. The largest absolute Gasteiger partial charge is 0.481 e. The minimum atomic E-state index is -5.26. The molecule has 0 bridgehead atoms. The molecule has 2 aliphatic rings. The van der Waals surface area contributed by atoms with Crippen LogP contribution in [0.25, 0.3) is 22.0 Å². The van der Waals surface area contributed by atoms with E-state index in [1.807, 2.05) is 0 Å². The lowest BCUT2D eigenvalue weighted by atomic mass is 9.93. The summed E-state index contributed by atoms with van der Waals surface area (Å²) in [5.74, 6) is -18.2. The summed E-state index contributed by atoms with van der Waals surface area (Å²) in [4.78, 5) is 68.0. The van der Waals surface area contributed by atoms with Gasteiger partial charge in [0.2, 0.25) is 21.8 Å². The van der Waals surface area contributed by atoms with E-state index in [1.165, 1.54) is 26.0 Å². The maximum Gasteiger partial charge on any atom is 0.435 e. The lowest BCUT2D eigenvalue weighted by Gasteiger charge is -2.25. The number of carbonyl (C=O) groups is 5. The zero-order chi connectivity index (χ0) is 58.9. The number of carboxylic acids is 2. The molecule has 3 heterocycles. The van der Waals surface area contributed by atoms with Crippen molar-refractivity contribution in [1.29, 1.82) is 0 Å². The van der Waals surface area contributed by atoms with Gasteiger partial charge >= 0.3 is 24.3 Å². The predicted octanol–water partition coefficient (Wildman–Crippen LogP) is 6.77. The van der Waals surface area contributed by atoms with Gasteiger partial charge in [-0.3, -0.25) is 33.5 Å². The number of amides is 3. The van der Waals surface area contributed by atoms with E-state index in [0.29, 0.717) is 12.3 Å². The van der Waals surface area contributed by atoms with Gasteiger partial charge in [0.05, 0.1) is 45.1 Å². The third kappa shape index (κ3) is 12.8. The first-order valence-electron chi connectivity index (χ1n) is 23.0. The molecule has 3 amide bonds. The number of sulfonamides is 1. The number of fused-ring (bicyclic) bond motifs is 4. The molecular weight excluding hydrogens is 1140 g/mol. The second kappa shape index (κ2) is 21.1. The number of hydrogen-bond donors (Lipinski definition) is 4. The molecule has 2 aliphatic carbocycles. The van der Waals surface area contributed by atoms with Crippen molar-refractivity contribution in [3.05, 3.63) is 105 Å². The highest BCUT2D eigenvalue weighted by Crippen LogP contribution is 2.68. The van der Waals surface area contributed by atoms with Crippen LogP contribution < -0.4 is 14.9 Å². The molecule has 19 nitrogen and oxygen atoms in total. The van der Waals surface area contributed by atoms with Gasteiger partial charge in [-0.05, 0) is 75.3 Å². The van der Waals surface area contributed by atoms with Crippen molar-refractivity contribution in [3.63, 3.8) is 0 Å². The Morgan fingerprint density at radius 2 is 1.53 bits per heavy atom. The third-order valence-electron chi connectivity index (χ3n) is 13.0. The highest BCUT2D eigenvalue weighted by atomic mass is 35.5. The molecule has 5 aromatic rings. The van der Waals surface area contributed by atoms with Crippen LogP contribution in [-0.2, 0) is 81.9 Å². The molecule has 1 saturated carbocycles. The summed E-state index contributed by atoms with van der Waals surface area (Å²) >= 11 is 6.62. The highest BCUT2D eigenvalue weighted by molar-refractivity contribution is 7.93. The lowest BCUT2D eigenvalue weighted by molar-refractivity contribution is -0.146. The molecule has 7 rings (SSSR count). The fraction of sp³-hybridized carbons (Fsp3) is 0.404. The number of carboxylic acid groups (broad SMARTS) is 2. The maximum absolute atomic E-state index is 15.6. The molecule has 32 heteroatoms. The number of benzene rings is 2. The van der Waals surface area contributed by atoms with Crippen molar-refractivity contribution in [2.75, 3.05) is 16.8 Å². The quantitative estimate of drug-likeness (QED) is 0.0463. The Morgan fingerprint density at radius 1 is 0.899 bits per heavy atom. The van der Waals surface area contributed by atoms with E-state index < -0.39 is 184 Å². The molecule has 0 aliphatic heterocycles. The monoisotopic (exact) mass is 1180 g/mol. The fourth-order valence-corrected chi connectivity index (χ4v) is 10.6. The Hall–Kier alpha value is -7.15. The number of nitrogens with one attached hydrogen (secondary N) is 2. The summed E-state index contributed by atoms with van der Waals surface area (Å²) in [5, 5.41) is 28.4. The minimum Gasteiger partial charge on any atom is -0.481 e. The molecule has 3 aromatic heterocycles. The van der Waals surface area contributed by atoms with Crippen LogP contribution in [0.15, 0.2) is 54.6 Å². The predicted molar refractivity (Wildman–Crippen MR) is 257 cm³/mol. The van der Waals surface area contributed by atoms with Crippen LogP contribution in [0, 0.1) is 17.6 Å². The van der Waals surface area contributed by atoms with Gasteiger partial charge in [-0.15, -0.1) is 0 Å². The average molecular weight is 1190 g/mol. The van der Waals surface area contributed by atoms with Crippen LogP contribution in [0.3, 0.4) is 0 Å². The van der Waals surface area contributed by atoms with E-state index in [9.17, 15) is 81.0 Å². The fourth-order valence-electron chi connectivity index (χ4n) is 9.05. The van der Waals surface area contributed by atoms with Gasteiger partial charge in [0.25, 0.3) is 11.8 Å². The number of pyridine rings is 1. The summed E-state index contributed by atoms with van der Waals surface area (Å²) in [6, 6.07) is 2.58. The van der Waals surface area contributed by atoms with Gasteiger partial charge in [0, 0.05) is 52.8 Å². The van der Waals surface area contributed by atoms with Crippen LogP contribution in [0.1, 0.15) is 79.0 Å². The Labute approximate surface area is 445 Å². The number of aryl methyl sites for hydroxylation is 1. The lowest BCUT2D eigenvalue weighted by Crippen LogP contribution is -2.41. The van der Waals surface area contributed by atoms with Gasteiger partial charge in [-0.2, -0.15) is 49.6 Å². The second-order valence-electron chi connectivity index (χ2n) is 19.3. The number of sulfone groups is 1. The van der Waals surface area contributed by atoms with Crippen molar-refractivity contribution in [2.24, 2.45) is 5.92 Å². The van der Waals surface area contributed by atoms with Crippen LogP contribution in [0.5, 0.6) is 0 Å². The number of rotatable bonds is 20. The van der Waals surface area contributed by atoms with E-state index in [1.54, 1.807) is 5.32 Å². The first-order chi connectivity index (χ1) is 36.3. The number of anilines is 1. The molecule has 1 unspecified atom stereocenters. The Bertz CT molecular complexity index is 3580. The van der Waals surface area contributed by atoms with E-state index in [0.717, 1.165) is 30.5 Å². The van der Waals surface area contributed by atoms with E-state index in [2.05, 4.69) is 20.5 Å². The molecule has 4 atom stereocenters. The van der Waals surface area contributed by atoms with Gasteiger partial charge in [-0.1, -0.05) is 23.7 Å². The number of hydrogen-bond acceptors (Lipinski definition) is 12. The minimum absolute atomic E-state index is 0.0178. The van der Waals surface area contributed by atoms with Gasteiger partial charge in [0.15, 0.2) is 21.3 Å². The SMILES string of the molecule is CC(C)(CCc1ccc(-c2ccc(Cl)c3c(N(C(=O)/C=C/C(=O)N[C@@H](CC(=O)O)C(=O)O)S(C)(=O)=O)nn(CC(F)(F)F)c23)c([C@H](Cc2cc(F)cc(F)c2)NC(=O)Cn2nc(C(F)(F)F)c3c2C(F)(F)C2C[C@H]32)n1)S(C)(=O)=O. The van der Waals surface area contributed by atoms with Crippen molar-refractivity contribution < 1.29 is 94.9 Å². The third-order valence-corrected chi connectivity index (χ3v) is 16.6. The average Bonchev–Trinajstić information content (AvgIpc) is 2.91. The van der Waals surface area contributed by atoms with Gasteiger partial charge < -0.3 is 20.8 Å². The zero-order valence-corrected chi connectivity index (χ0v) is 43.6. The maximum atomic E-state index is 15.6. The summed E-state index contributed by atoms with van der Waals surface area (Å²) in [7, 11) is -8.85. The topological polar surface area (TPSA) is 270 Å². The summed E-state index contributed by atoms with van der Waals surface area (Å²) in [5.41, 5.74) is -5.95. The number of alkyl halides is 8. The van der Waals surface area contributed by atoms with Crippen LogP contribution >= 0.6 is 11.6 Å². The van der Waals surface area contributed by atoms with Crippen molar-refractivity contribution >= 4 is 77.8 Å². The van der Waals surface area contributed by atoms with Crippen LogP contribution in [0.4, 0.5) is 49.7 Å². The molecule has 0 spiro atoms. The number of nitrogens with zero attached hydrogens (tertiary/aromatic N) is 6. The normalized spacial score (nSPS) is 17.1. The molecular formula is C47H43ClF10N8O11S2. The highest BCUT2D eigenvalue weighted by Gasteiger charge is 2.68. The summed E-state index contributed by atoms with van der Waals surface area (Å²) < 4.78 is 199. The van der Waals surface area contributed by atoms with Crippen molar-refractivity contribution in [2.45, 2.75) is 100 Å². The van der Waals surface area contributed by atoms with Crippen molar-refractivity contribution in [1.82, 2.24) is 35.2 Å². The van der Waals surface area contributed by atoms with Gasteiger partial charge in [0.1, 0.15) is 36.5 Å². The number of carbonyl (C=O) groups excluding carboxylic acids is 3. The molecule has 0 radical (unpaired) electrons. The number of aromatic nitrogens is 5. The Balaban J connectivity index is 1.44. The van der Waals surface area contributed by atoms with Crippen molar-refractivity contribution in [3.8, 4) is 11.1 Å². The molecule has 4 N–H and O–H groups in total. The summed E-state index contributed by atoms with van der Waals surface area (Å²) in [6.45, 7) is -0.692.